The molecule has 0 aromatic carbocycles. The number of amides is 1. The molecular formula is C14H26N2O8. The molecule has 24 heavy (non-hydrogen) atoms. The Hall–Kier alpha value is -1.43. The normalized spacial score (nSPS) is 29.8. The largest absolute Gasteiger partial charge is 0.440 e. The van der Waals surface area contributed by atoms with E-state index in [-0.39, 0.29) is 13.2 Å². The first-order chi connectivity index (χ1) is 11.5. The summed E-state index contributed by atoms with van der Waals surface area (Å²) in [6.45, 7) is 4.39. The topological polar surface area (TPSA) is 139 Å². The highest BCUT2D eigenvalue weighted by Gasteiger charge is 2.47. The monoisotopic (exact) mass is 350 g/mol. The standard InChI is InChI=1S/C14H26N2O8/c1-3-16-4-5-21-6-7-22-13-11(19)12(24-14(20)15-2)10(18)9(8-17)23-13/h3,9-13,16-19H,1,4-8H2,2H3,(H,15,20)/t9-,10-,11+,12+,13?/m1/s1. The molecule has 10 nitrogen and oxygen atoms in total. The van der Waals surface area contributed by atoms with Crippen LogP contribution in [0.2, 0.25) is 0 Å². The van der Waals surface area contributed by atoms with E-state index in [1.165, 1.54) is 7.05 Å². The quantitative estimate of drug-likeness (QED) is 0.281. The molecule has 0 aliphatic carbocycles. The molecule has 1 fully saturated rings. The molecule has 1 rings (SSSR count). The lowest BCUT2D eigenvalue weighted by molar-refractivity contribution is -0.301. The molecule has 5 N–H and O–H groups in total. The van der Waals surface area contributed by atoms with Crippen molar-refractivity contribution in [3.63, 3.8) is 0 Å². The molecule has 10 heteroatoms. The van der Waals surface area contributed by atoms with E-state index in [2.05, 4.69) is 17.2 Å². The zero-order valence-corrected chi connectivity index (χ0v) is 13.6. The van der Waals surface area contributed by atoms with E-state index < -0.39 is 43.4 Å². The Kier molecular flexibility index (Phi) is 9.60. The fourth-order valence-corrected chi connectivity index (χ4v) is 2.07. The van der Waals surface area contributed by atoms with Gasteiger partial charge in [-0.05, 0) is 6.20 Å². The van der Waals surface area contributed by atoms with Crippen LogP contribution in [0.15, 0.2) is 12.8 Å². The van der Waals surface area contributed by atoms with Gasteiger partial charge in [0.1, 0.15) is 18.3 Å². The number of carbonyl (C=O) groups is 1. The molecule has 1 heterocycles. The average Bonchev–Trinajstić information content (AvgIpc) is 2.59. The van der Waals surface area contributed by atoms with Gasteiger partial charge in [-0.3, -0.25) is 0 Å². The van der Waals surface area contributed by atoms with Crippen LogP contribution in [-0.4, -0.2) is 92.1 Å². The van der Waals surface area contributed by atoms with Crippen molar-refractivity contribution in [2.75, 3.05) is 40.0 Å². The summed E-state index contributed by atoms with van der Waals surface area (Å²) < 4.78 is 20.8. The average molecular weight is 350 g/mol. The first-order valence-corrected chi connectivity index (χ1v) is 7.59. The Morgan fingerprint density at radius 2 is 2.04 bits per heavy atom. The van der Waals surface area contributed by atoms with E-state index in [0.717, 1.165) is 0 Å². The number of aliphatic hydroxyl groups excluding tert-OH is 3. The molecule has 0 bridgehead atoms. The highest BCUT2D eigenvalue weighted by atomic mass is 16.7. The first kappa shape index (κ1) is 20.6. The van der Waals surface area contributed by atoms with Gasteiger partial charge in [-0.15, -0.1) is 0 Å². The molecule has 0 radical (unpaired) electrons. The van der Waals surface area contributed by atoms with Gasteiger partial charge < -0.3 is 44.9 Å². The smallest absolute Gasteiger partial charge is 0.407 e. The number of hydrogen-bond donors (Lipinski definition) is 5. The van der Waals surface area contributed by atoms with Crippen molar-refractivity contribution in [2.45, 2.75) is 30.7 Å². The Bertz CT molecular complexity index is 384. The number of alkyl carbamates (subject to hydrolysis) is 1. The van der Waals surface area contributed by atoms with Crippen LogP contribution in [0.1, 0.15) is 0 Å². The molecule has 0 aromatic heterocycles. The van der Waals surface area contributed by atoms with Crippen LogP contribution >= 0.6 is 0 Å². The number of nitrogens with one attached hydrogen (secondary N) is 2. The maximum Gasteiger partial charge on any atom is 0.407 e. The molecule has 1 aliphatic rings. The zero-order valence-electron chi connectivity index (χ0n) is 13.6. The maximum atomic E-state index is 11.3. The second kappa shape index (κ2) is 11.2. The molecule has 1 unspecified atom stereocenters. The second-order valence-corrected chi connectivity index (χ2v) is 4.97. The molecule has 0 aromatic rings. The van der Waals surface area contributed by atoms with Gasteiger partial charge in [-0.1, -0.05) is 6.58 Å². The van der Waals surface area contributed by atoms with E-state index in [1.54, 1.807) is 6.20 Å². The Labute approximate surface area is 140 Å². The SMILES string of the molecule is C=CNCCOCCOC1O[C@H](CO)[C@@H](O)[C@H](OC(=O)NC)[C@@H]1O. The molecule has 5 atom stereocenters. The minimum absolute atomic E-state index is 0.108. The molecule has 1 amide bonds. The predicted octanol–water partition coefficient (Wildman–Crippen LogP) is -2.08. The minimum atomic E-state index is -1.41. The summed E-state index contributed by atoms with van der Waals surface area (Å²) in [5, 5.41) is 34.5. The van der Waals surface area contributed by atoms with Gasteiger partial charge in [0.05, 0.1) is 26.4 Å². The van der Waals surface area contributed by atoms with Crippen LogP contribution in [0.5, 0.6) is 0 Å². The van der Waals surface area contributed by atoms with E-state index in [4.69, 9.17) is 18.9 Å². The third-order valence-corrected chi connectivity index (χ3v) is 3.31. The molecule has 1 saturated heterocycles. The lowest BCUT2D eigenvalue weighted by Crippen LogP contribution is -2.61. The number of hydrogen-bond acceptors (Lipinski definition) is 9. The molecule has 1 aliphatic heterocycles. The van der Waals surface area contributed by atoms with Crippen molar-refractivity contribution in [1.29, 1.82) is 0 Å². The highest BCUT2D eigenvalue weighted by Crippen LogP contribution is 2.24. The van der Waals surface area contributed by atoms with Crippen molar-refractivity contribution in [1.82, 2.24) is 10.6 Å². The van der Waals surface area contributed by atoms with Crippen LogP contribution in [0.25, 0.3) is 0 Å². The van der Waals surface area contributed by atoms with Gasteiger partial charge in [-0.25, -0.2) is 4.79 Å². The molecule has 140 valence electrons. The van der Waals surface area contributed by atoms with Gasteiger partial charge in [-0.2, -0.15) is 0 Å². The molecule has 0 spiro atoms. The number of ether oxygens (including phenoxy) is 4. The summed E-state index contributed by atoms with van der Waals surface area (Å²) >= 11 is 0. The van der Waals surface area contributed by atoms with Crippen molar-refractivity contribution >= 4 is 6.09 Å². The third-order valence-electron chi connectivity index (χ3n) is 3.31. The summed E-state index contributed by atoms with van der Waals surface area (Å²) in [5.41, 5.74) is 0. The van der Waals surface area contributed by atoms with Crippen molar-refractivity contribution in [3.8, 4) is 0 Å². The summed E-state index contributed by atoms with van der Waals surface area (Å²) in [6, 6.07) is 0. The van der Waals surface area contributed by atoms with Gasteiger partial charge in [0.15, 0.2) is 12.4 Å². The number of carbonyl (C=O) groups excluding carboxylic acids is 1. The van der Waals surface area contributed by atoms with E-state index in [1.807, 2.05) is 0 Å². The molecule has 0 saturated carbocycles. The number of aliphatic hydroxyl groups is 3. The highest BCUT2D eigenvalue weighted by molar-refractivity contribution is 5.67. The predicted molar refractivity (Wildman–Crippen MR) is 82.1 cm³/mol. The zero-order chi connectivity index (χ0) is 17.9. The van der Waals surface area contributed by atoms with Gasteiger partial charge >= 0.3 is 6.09 Å². The minimum Gasteiger partial charge on any atom is -0.440 e. The number of rotatable bonds is 10. The molecular weight excluding hydrogens is 324 g/mol. The Balaban J connectivity index is 2.47. The van der Waals surface area contributed by atoms with Crippen LogP contribution < -0.4 is 10.6 Å². The Morgan fingerprint density at radius 3 is 2.67 bits per heavy atom. The third kappa shape index (κ3) is 6.23. The van der Waals surface area contributed by atoms with Crippen LogP contribution in [0.4, 0.5) is 4.79 Å². The van der Waals surface area contributed by atoms with Crippen molar-refractivity contribution in [3.05, 3.63) is 12.8 Å². The van der Waals surface area contributed by atoms with E-state index in [0.29, 0.717) is 13.2 Å². The first-order valence-electron chi connectivity index (χ1n) is 7.59. The van der Waals surface area contributed by atoms with Crippen LogP contribution in [0.3, 0.4) is 0 Å². The van der Waals surface area contributed by atoms with Crippen molar-refractivity contribution in [2.24, 2.45) is 0 Å². The lowest BCUT2D eigenvalue weighted by Gasteiger charge is -2.41. The fraction of sp³-hybridized carbons (Fsp3) is 0.786. The summed E-state index contributed by atoms with van der Waals surface area (Å²) in [7, 11) is 1.34. The summed E-state index contributed by atoms with van der Waals surface area (Å²) in [6.07, 6.45) is -5.59. The van der Waals surface area contributed by atoms with Crippen LogP contribution in [0, 0.1) is 0 Å². The lowest BCUT2D eigenvalue weighted by atomic mass is 9.99. The maximum absolute atomic E-state index is 11.3. The van der Waals surface area contributed by atoms with Crippen molar-refractivity contribution < 1.29 is 39.1 Å². The Morgan fingerprint density at radius 1 is 1.29 bits per heavy atom. The van der Waals surface area contributed by atoms with Gasteiger partial charge in [0.2, 0.25) is 0 Å². The summed E-state index contributed by atoms with van der Waals surface area (Å²) in [4.78, 5) is 11.3. The fourth-order valence-electron chi connectivity index (χ4n) is 2.07. The van der Waals surface area contributed by atoms with Gasteiger partial charge in [0.25, 0.3) is 0 Å². The second-order valence-electron chi connectivity index (χ2n) is 4.97. The van der Waals surface area contributed by atoms with E-state index in [9.17, 15) is 20.1 Å². The van der Waals surface area contributed by atoms with Crippen LogP contribution in [-0.2, 0) is 18.9 Å². The van der Waals surface area contributed by atoms with E-state index >= 15 is 0 Å². The summed E-state index contributed by atoms with van der Waals surface area (Å²) in [5.74, 6) is 0. The van der Waals surface area contributed by atoms with Gasteiger partial charge in [0, 0.05) is 13.6 Å².